The monoisotopic (exact) mass is 359 g/mol. The van der Waals surface area contributed by atoms with Crippen molar-refractivity contribution in [3.63, 3.8) is 0 Å². The lowest BCUT2D eigenvalue weighted by atomic mass is 10.2. The summed E-state index contributed by atoms with van der Waals surface area (Å²) in [5.74, 6) is 0.555. The molecule has 3 N–H and O–H groups in total. The number of aliphatic imine (C=N–C) groups is 1. The molecule has 0 aliphatic carbocycles. The number of amides is 1. The fourth-order valence-corrected chi connectivity index (χ4v) is 3.35. The molecule has 2 heterocycles. The second-order valence-corrected chi connectivity index (χ2v) is 6.74. The van der Waals surface area contributed by atoms with Crippen LogP contribution in [0.3, 0.4) is 0 Å². The number of benzene rings is 1. The fourth-order valence-electron chi connectivity index (χ4n) is 3.35. The van der Waals surface area contributed by atoms with E-state index in [-0.39, 0.29) is 12.0 Å². The number of nitrogens with two attached hydrogens (primary N) is 1. The first-order valence-corrected chi connectivity index (χ1v) is 9.45. The van der Waals surface area contributed by atoms with E-state index >= 15 is 0 Å². The third-order valence-electron chi connectivity index (χ3n) is 4.89. The maximum Gasteiger partial charge on any atom is 0.224 e. The average molecular weight is 359 g/mol. The van der Waals surface area contributed by atoms with Crippen molar-refractivity contribution in [1.82, 2.24) is 10.2 Å². The van der Waals surface area contributed by atoms with Gasteiger partial charge in [-0.05, 0) is 25.0 Å². The lowest BCUT2D eigenvalue weighted by molar-refractivity contribution is -0.131. The molecule has 1 atom stereocenters. The molecule has 2 fully saturated rings. The first kappa shape index (κ1) is 18.5. The number of ether oxygens (including phenoxy) is 1. The van der Waals surface area contributed by atoms with Crippen LogP contribution in [0.25, 0.3) is 0 Å². The number of rotatable bonds is 6. The smallest absolute Gasteiger partial charge is 0.224 e. The van der Waals surface area contributed by atoms with Crippen molar-refractivity contribution in [3.05, 3.63) is 30.3 Å². The molecular weight excluding hydrogens is 330 g/mol. The van der Waals surface area contributed by atoms with E-state index in [1.165, 1.54) is 5.69 Å². The summed E-state index contributed by atoms with van der Waals surface area (Å²) in [6, 6.07) is 10.3. The maximum atomic E-state index is 12.4. The molecule has 3 rings (SSSR count). The molecule has 0 aromatic heterocycles. The summed E-state index contributed by atoms with van der Waals surface area (Å²) < 4.78 is 5.51. The second kappa shape index (κ2) is 9.43. The third-order valence-corrected chi connectivity index (χ3v) is 4.89. The van der Waals surface area contributed by atoms with Gasteiger partial charge in [-0.25, -0.2) is 0 Å². The number of piperazine rings is 1. The lowest BCUT2D eigenvalue weighted by Gasteiger charge is -2.36. The standard InChI is InChI=1S/C19H29N5O2/c20-19(22-15-17-7-4-14-26-17)21-9-8-18(25)24-12-10-23(11-13-24)16-5-2-1-3-6-16/h1-3,5-6,17H,4,7-15H2,(H3,20,21,22). The van der Waals surface area contributed by atoms with E-state index in [0.717, 1.165) is 45.6 Å². The van der Waals surface area contributed by atoms with Crippen LogP contribution in [0.5, 0.6) is 0 Å². The summed E-state index contributed by atoms with van der Waals surface area (Å²) in [4.78, 5) is 20.9. The highest BCUT2D eigenvalue weighted by Crippen LogP contribution is 2.15. The quantitative estimate of drug-likeness (QED) is 0.580. The van der Waals surface area contributed by atoms with E-state index in [0.29, 0.717) is 25.5 Å². The highest BCUT2D eigenvalue weighted by Gasteiger charge is 2.21. The Labute approximate surface area is 155 Å². The molecule has 1 unspecified atom stereocenters. The van der Waals surface area contributed by atoms with Gasteiger partial charge in [0.25, 0.3) is 0 Å². The summed E-state index contributed by atoms with van der Waals surface area (Å²) in [7, 11) is 0. The Bertz CT molecular complexity index is 593. The molecule has 1 aromatic carbocycles. The van der Waals surface area contributed by atoms with Crippen LogP contribution in [0.4, 0.5) is 5.69 Å². The Hall–Kier alpha value is -2.28. The van der Waals surface area contributed by atoms with Gasteiger partial charge in [-0.2, -0.15) is 0 Å². The lowest BCUT2D eigenvalue weighted by Crippen LogP contribution is -2.49. The van der Waals surface area contributed by atoms with Crippen LogP contribution in [0.1, 0.15) is 19.3 Å². The van der Waals surface area contributed by atoms with Gasteiger partial charge >= 0.3 is 0 Å². The topological polar surface area (TPSA) is 83.2 Å². The van der Waals surface area contributed by atoms with Crippen LogP contribution in [0, 0.1) is 0 Å². The number of hydrogen-bond donors (Lipinski definition) is 2. The zero-order chi connectivity index (χ0) is 18.2. The Kier molecular flexibility index (Phi) is 6.71. The van der Waals surface area contributed by atoms with Crippen LogP contribution in [0.2, 0.25) is 0 Å². The number of carbonyl (C=O) groups is 1. The number of para-hydroxylation sites is 1. The summed E-state index contributed by atoms with van der Waals surface area (Å²) in [6.45, 7) is 5.18. The first-order chi connectivity index (χ1) is 12.7. The van der Waals surface area contributed by atoms with Crippen molar-refractivity contribution in [2.24, 2.45) is 10.7 Å². The van der Waals surface area contributed by atoms with E-state index in [2.05, 4.69) is 27.3 Å². The zero-order valence-corrected chi connectivity index (χ0v) is 15.3. The summed E-state index contributed by atoms with van der Waals surface area (Å²) in [5, 5.41) is 3.03. The fraction of sp³-hybridized carbons (Fsp3) is 0.579. The molecule has 0 spiro atoms. The summed E-state index contributed by atoms with van der Waals surface area (Å²) in [6.07, 6.45) is 2.77. The number of nitrogens with zero attached hydrogens (tertiary/aromatic N) is 3. The molecule has 0 saturated carbocycles. The number of carbonyl (C=O) groups excluding carboxylic acids is 1. The van der Waals surface area contributed by atoms with Gasteiger partial charge in [0.15, 0.2) is 5.96 Å². The highest BCUT2D eigenvalue weighted by atomic mass is 16.5. The van der Waals surface area contributed by atoms with Crippen LogP contribution < -0.4 is 16.0 Å². The number of guanidine groups is 1. The van der Waals surface area contributed by atoms with E-state index in [9.17, 15) is 4.79 Å². The Morgan fingerprint density at radius 3 is 2.69 bits per heavy atom. The second-order valence-electron chi connectivity index (χ2n) is 6.74. The molecule has 142 valence electrons. The number of hydrogen-bond acceptors (Lipinski definition) is 4. The largest absolute Gasteiger partial charge is 0.376 e. The molecule has 2 aliphatic heterocycles. The van der Waals surface area contributed by atoms with Crippen molar-refractivity contribution >= 4 is 17.6 Å². The minimum Gasteiger partial charge on any atom is -0.376 e. The molecular formula is C19H29N5O2. The van der Waals surface area contributed by atoms with Crippen molar-refractivity contribution in [1.29, 1.82) is 0 Å². The molecule has 2 aliphatic rings. The molecule has 26 heavy (non-hydrogen) atoms. The van der Waals surface area contributed by atoms with Gasteiger partial charge in [0.1, 0.15) is 0 Å². The van der Waals surface area contributed by atoms with Crippen molar-refractivity contribution < 1.29 is 9.53 Å². The molecule has 7 heteroatoms. The van der Waals surface area contributed by atoms with Crippen molar-refractivity contribution in [2.75, 3.05) is 50.8 Å². The van der Waals surface area contributed by atoms with Gasteiger partial charge in [0.2, 0.25) is 5.91 Å². The summed E-state index contributed by atoms with van der Waals surface area (Å²) in [5.41, 5.74) is 7.07. The third kappa shape index (κ3) is 5.36. The van der Waals surface area contributed by atoms with Gasteiger partial charge in [-0.1, -0.05) is 18.2 Å². The van der Waals surface area contributed by atoms with Gasteiger partial charge < -0.3 is 25.6 Å². The van der Waals surface area contributed by atoms with Crippen LogP contribution in [-0.2, 0) is 9.53 Å². The molecule has 0 bridgehead atoms. The predicted octanol–water partition coefficient (Wildman–Crippen LogP) is 0.809. The van der Waals surface area contributed by atoms with E-state index in [1.54, 1.807) is 0 Å². The SMILES string of the molecule is NC(=NCC1CCCO1)NCCC(=O)N1CCN(c2ccccc2)CC1. The van der Waals surface area contributed by atoms with Crippen LogP contribution >= 0.6 is 0 Å². The highest BCUT2D eigenvalue weighted by molar-refractivity contribution is 5.80. The van der Waals surface area contributed by atoms with E-state index in [1.807, 2.05) is 23.1 Å². The van der Waals surface area contributed by atoms with Gasteiger partial charge in [0, 0.05) is 51.4 Å². The van der Waals surface area contributed by atoms with E-state index in [4.69, 9.17) is 10.5 Å². The van der Waals surface area contributed by atoms with E-state index < -0.39 is 0 Å². The zero-order valence-electron chi connectivity index (χ0n) is 15.3. The Balaban J connectivity index is 1.33. The molecule has 7 nitrogen and oxygen atoms in total. The van der Waals surface area contributed by atoms with Gasteiger partial charge in [-0.15, -0.1) is 0 Å². The Morgan fingerprint density at radius 1 is 1.23 bits per heavy atom. The number of nitrogens with one attached hydrogen (secondary N) is 1. The minimum atomic E-state index is 0.164. The Morgan fingerprint density at radius 2 is 2.00 bits per heavy atom. The maximum absolute atomic E-state index is 12.4. The normalized spacial score (nSPS) is 21.1. The van der Waals surface area contributed by atoms with Gasteiger partial charge in [-0.3, -0.25) is 9.79 Å². The van der Waals surface area contributed by atoms with Crippen LogP contribution in [-0.4, -0.2) is 68.7 Å². The minimum absolute atomic E-state index is 0.164. The number of anilines is 1. The van der Waals surface area contributed by atoms with Crippen molar-refractivity contribution in [3.8, 4) is 0 Å². The van der Waals surface area contributed by atoms with Gasteiger partial charge in [0.05, 0.1) is 12.6 Å². The average Bonchev–Trinajstić information content (AvgIpc) is 3.21. The molecule has 2 saturated heterocycles. The summed E-state index contributed by atoms with van der Waals surface area (Å²) >= 11 is 0. The molecule has 1 amide bonds. The van der Waals surface area contributed by atoms with Crippen LogP contribution in [0.15, 0.2) is 35.3 Å². The molecule has 1 aromatic rings. The molecule has 0 radical (unpaired) electrons. The first-order valence-electron chi connectivity index (χ1n) is 9.45. The van der Waals surface area contributed by atoms with Crippen molar-refractivity contribution in [2.45, 2.75) is 25.4 Å². The predicted molar refractivity (Wildman–Crippen MR) is 103 cm³/mol.